The molecule has 0 saturated heterocycles. The molecule has 2 aromatic heterocycles. The van der Waals surface area contributed by atoms with E-state index in [-0.39, 0.29) is 4.90 Å². The number of aromatic amines is 1. The highest BCUT2D eigenvalue weighted by Crippen LogP contribution is 2.32. The van der Waals surface area contributed by atoms with Crippen LogP contribution in [0.5, 0.6) is 5.75 Å². The zero-order valence-corrected chi connectivity index (χ0v) is 17.4. The Morgan fingerprint density at radius 3 is 2.75 bits per heavy atom. The third-order valence-corrected chi connectivity index (χ3v) is 5.56. The molecule has 0 fully saturated rings. The molecule has 0 atom stereocenters. The van der Waals surface area contributed by atoms with Crippen molar-refractivity contribution in [2.24, 2.45) is 0 Å². The largest absolute Gasteiger partial charge is 0.495 e. The number of ether oxygens (including phenoxy) is 1. The maximum Gasteiger partial charge on any atom is 0.231 e. The molecule has 3 rings (SSSR count). The molecule has 0 amide bonds. The van der Waals surface area contributed by atoms with Gasteiger partial charge in [-0.15, -0.1) is 0 Å². The highest BCUT2D eigenvalue weighted by atomic mass is 35.5. The van der Waals surface area contributed by atoms with E-state index in [1.165, 1.54) is 19.2 Å². The van der Waals surface area contributed by atoms with Crippen LogP contribution < -0.4 is 15.4 Å². The van der Waals surface area contributed by atoms with E-state index in [0.29, 0.717) is 33.9 Å². The number of hydrogen-bond donors (Lipinski definition) is 3. The first-order valence-corrected chi connectivity index (χ1v) is 11.0. The minimum absolute atomic E-state index is 0.171. The van der Waals surface area contributed by atoms with E-state index in [1.54, 1.807) is 12.3 Å². The normalized spacial score (nSPS) is 11.6. The number of sulfone groups is 1. The number of unbranched alkanes of at least 4 members (excludes halogenated alkanes) is 1. The Morgan fingerprint density at radius 2 is 2.07 bits per heavy atom. The number of anilines is 3. The summed E-state index contributed by atoms with van der Waals surface area (Å²) in [4.78, 5) is 12.2. The van der Waals surface area contributed by atoms with Crippen LogP contribution in [-0.4, -0.2) is 43.3 Å². The average Bonchev–Trinajstić information content (AvgIpc) is 3.02. The Kier molecular flexibility index (Phi) is 5.95. The van der Waals surface area contributed by atoms with Crippen molar-refractivity contribution in [3.63, 3.8) is 0 Å². The van der Waals surface area contributed by atoms with Gasteiger partial charge in [-0.25, -0.2) is 8.42 Å². The van der Waals surface area contributed by atoms with Gasteiger partial charge in [0.15, 0.2) is 9.84 Å². The molecule has 0 unspecified atom stereocenters. The van der Waals surface area contributed by atoms with E-state index in [9.17, 15) is 8.42 Å². The molecule has 3 aromatic rings. The van der Waals surface area contributed by atoms with Gasteiger partial charge in [0, 0.05) is 25.1 Å². The van der Waals surface area contributed by atoms with Crippen LogP contribution in [0.4, 0.5) is 17.5 Å². The Balaban J connectivity index is 1.98. The summed E-state index contributed by atoms with van der Waals surface area (Å²) >= 11 is 6.26. The predicted molar refractivity (Wildman–Crippen MR) is 112 cm³/mol. The van der Waals surface area contributed by atoms with Crippen molar-refractivity contribution in [1.29, 1.82) is 0 Å². The molecule has 0 aliphatic rings. The molecular weight excluding hydrogens is 402 g/mol. The van der Waals surface area contributed by atoms with Crippen molar-refractivity contribution in [2.45, 2.75) is 24.7 Å². The second-order valence-electron chi connectivity index (χ2n) is 6.30. The Hall–Kier alpha value is -2.52. The van der Waals surface area contributed by atoms with Crippen LogP contribution >= 0.6 is 11.6 Å². The van der Waals surface area contributed by atoms with Crippen molar-refractivity contribution >= 4 is 49.9 Å². The van der Waals surface area contributed by atoms with Gasteiger partial charge < -0.3 is 20.4 Å². The van der Waals surface area contributed by atoms with Gasteiger partial charge in [0.1, 0.15) is 17.2 Å². The third kappa shape index (κ3) is 4.31. The van der Waals surface area contributed by atoms with Crippen molar-refractivity contribution < 1.29 is 13.2 Å². The second kappa shape index (κ2) is 8.24. The lowest BCUT2D eigenvalue weighted by Gasteiger charge is -2.13. The summed E-state index contributed by atoms with van der Waals surface area (Å²) in [6, 6.07) is 4.58. The van der Waals surface area contributed by atoms with Crippen LogP contribution in [-0.2, 0) is 9.84 Å². The molecule has 0 saturated carbocycles. The fourth-order valence-electron chi connectivity index (χ4n) is 2.69. The molecule has 28 heavy (non-hydrogen) atoms. The summed E-state index contributed by atoms with van der Waals surface area (Å²) in [5, 5.41) is 7.64. The molecule has 8 nitrogen and oxygen atoms in total. The SMILES string of the molecule is CCCCNc1nc(Nc2ccc(S(C)(=O)=O)cc2OC)nc2[nH]cc(Cl)c12. The molecule has 0 aliphatic carbocycles. The molecule has 150 valence electrons. The number of H-pyrrole nitrogens is 1. The first-order valence-electron chi connectivity index (χ1n) is 8.77. The van der Waals surface area contributed by atoms with E-state index >= 15 is 0 Å². The van der Waals surface area contributed by atoms with Gasteiger partial charge in [0.25, 0.3) is 0 Å². The molecular formula is C18H22ClN5O3S. The summed E-state index contributed by atoms with van der Waals surface area (Å²) in [5.74, 6) is 1.32. The number of aromatic nitrogens is 3. The molecule has 1 aromatic carbocycles. The van der Waals surface area contributed by atoms with E-state index in [0.717, 1.165) is 31.0 Å². The van der Waals surface area contributed by atoms with Crippen LogP contribution in [0.25, 0.3) is 11.0 Å². The van der Waals surface area contributed by atoms with Crippen LogP contribution in [0.2, 0.25) is 5.02 Å². The first kappa shape index (κ1) is 20.2. The van der Waals surface area contributed by atoms with Crippen LogP contribution in [0.3, 0.4) is 0 Å². The van der Waals surface area contributed by atoms with Crippen LogP contribution in [0.1, 0.15) is 19.8 Å². The maximum atomic E-state index is 11.8. The summed E-state index contributed by atoms with van der Waals surface area (Å²) in [6.07, 6.45) is 4.86. The molecule has 0 aliphatic heterocycles. The van der Waals surface area contributed by atoms with Gasteiger partial charge in [-0.3, -0.25) is 0 Å². The van der Waals surface area contributed by atoms with Crippen molar-refractivity contribution in [3.8, 4) is 5.75 Å². The molecule has 2 heterocycles. The lowest BCUT2D eigenvalue weighted by atomic mass is 10.3. The first-order chi connectivity index (χ1) is 13.3. The van der Waals surface area contributed by atoms with E-state index in [2.05, 4.69) is 32.5 Å². The van der Waals surface area contributed by atoms with Gasteiger partial charge >= 0.3 is 0 Å². The van der Waals surface area contributed by atoms with Crippen molar-refractivity contribution in [3.05, 3.63) is 29.4 Å². The highest BCUT2D eigenvalue weighted by Gasteiger charge is 2.15. The summed E-state index contributed by atoms with van der Waals surface area (Å²) in [7, 11) is -1.87. The average molecular weight is 424 g/mol. The number of hydrogen-bond acceptors (Lipinski definition) is 7. The molecule has 3 N–H and O–H groups in total. The quantitative estimate of drug-likeness (QED) is 0.470. The third-order valence-electron chi connectivity index (χ3n) is 4.15. The fraction of sp³-hybridized carbons (Fsp3) is 0.333. The minimum Gasteiger partial charge on any atom is -0.495 e. The smallest absolute Gasteiger partial charge is 0.231 e. The van der Waals surface area contributed by atoms with Crippen molar-refractivity contribution in [1.82, 2.24) is 15.0 Å². The van der Waals surface area contributed by atoms with Gasteiger partial charge in [-0.05, 0) is 18.6 Å². The van der Waals surface area contributed by atoms with Gasteiger partial charge in [0.2, 0.25) is 5.95 Å². The molecule has 10 heteroatoms. The highest BCUT2D eigenvalue weighted by molar-refractivity contribution is 7.90. The molecule has 0 spiro atoms. The standard InChI is InChI=1S/C18H22ClN5O3S/c1-4-5-8-20-16-15-12(19)10-21-17(15)24-18(23-16)22-13-7-6-11(28(3,25)26)9-14(13)27-2/h6-7,9-10H,4-5,8H2,1-3H3,(H3,20,21,22,23,24). The van der Waals surface area contributed by atoms with Gasteiger partial charge in [-0.2, -0.15) is 9.97 Å². The second-order valence-corrected chi connectivity index (χ2v) is 8.72. The summed E-state index contributed by atoms with van der Waals surface area (Å²) in [5.41, 5.74) is 1.14. The zero-order valence-electron chi connectivity index (χ0n) is 15.8. The van der Waals surface area contributed by atoms with E-state index < -0.39 is 9.84 Å². The minimum atomic E-state index is -3.34. The van der Waals surface area contributed by atoms with Crippen LogP contribution in [0.15, 0.2) is 29.3 Å². The summed E-state index contributed by atoms with van der Waals surface area (Å²) < 4.78 is 28.9. The fourth-order valence-corrected chi connectivity index (χ4v) is 3.56. The number of rotatable bonds is 8. The lowest BCUT2D eigenvalue weighted by Crippen LogP contribution is -2.07. The van der Waals surface area contributed by atoms with E-state index in [1.807, 2.05) is 0 Å². The molecule has 0 radical (unpaired) electrons. The number of nitrogens with zero attached hydrogens (tertiary/aromatic N) is 2. The van der Waals surface area contributed by atoms with Gasteiger partial charge in [-0.1, -0.05) is 24.9 Å². The Labute approximate surface area is 168 Å². The van der Waals surface area contributed by atoms with Crippen LogP contribution in [0, 0.1) is 0 Å². The number of halogens is 1. The lowest BCUT2D eigenvalue weighted by molar-refractivity contribution is 0.415. The number of fused-ring (bicyclic) bond motifs is 1. The number of nitrogens with one attached hydrogen (secondary N) is 3. The van der Waals surface area contributed by atoms with Crippen molar-refractivity contribution in [2.75, 3.05) is 30.5 Å². The topological polar surface area (TPSA) is 109 Å². The number of methoxy groups -OCH3 is 1. The molecule has 0 bridgehead atoms. The monoisotopic (exact) mass is 423 g/mol. The number of benzene rings is 1. The Bertz CT molecular complexity index is 1100. The summed E-state index contributed by atoms with van der Waals surface area (Å²) in [6.45, 7) is 2.87. The predicted octanol–water partition coefficient (Wildman–Crippen LogP) is 3.98. The van der Waals surface area contributed by atoms with Gasteiger partial charge in [0.05, 0.1) is 28.1 Å². The maximum absolute atomic E-state index is 11.8. The zero-order chi connectivity index (χ0) is 20.3. The van der Waals surface area contributed by atoms with E-state index in [4.69, 9.17) is 16.3 Å². The Morgan fingerprint density at radius 1 is 1.29 bits per heavy atom.